The second kappa shape index (κ2) is 64.2. The lowest BCUT2D eigenvalue weighted by Crippen LogP contribution is -2.30. The summed E-state index contributed by atoms with van der Waals surface area (Å²) < 4.78 is 17.0. The minimum absolute atomic E-state index is 0.0706. The average molecular weight is 1050 g/mol. The molecule has 0 fully saturated rings. The third-order valence-electron chi connectivity index (χ3n) is 15.1. The maximum atomic E-state index is 12.9. The van der Waals surface area contributed by atoms with Gasteiger partial charge in [0.1, 0.15) is 13.2 Å². The van der Waals surface area contributed by atoms with Crippen LogP contribution in [-0.2, 0) is 28.6 Å². The molecule has 0 saturated heterocycles. The van der Waals surface area contributed by atoms with E-state index in [2.05, 4.69) is 57.2 Å². The van der Waals surface area contributed by atoms with Gasteiger partial charge in [0, 0.05) is 19.3 Å². The number of unbranched alkanes of at least 4 members (excludes halogenated alkanes) is 45. The third kappa shape index (κ3) is 62.4. The molecule has 0 radical (unpaired) electrons. The molecule has 0 saturated carbocycles. The number of rotatable bonds is 62. The van der Waals surface area contributed by atoms with E-state index in [4.69, 9.17) is 14.2 Å². The topological polar surface area (TPSA) is 78.9 Å². The third-order valence-corrected chi connectivity index (χ3v) is 15.1. The largest absolute Gasteiger partial charge is 0.462 e. The van der Waals surface area contributed by atoms with Gasteiger partial charge in [-0.2, -0.15) is 0 Å². The summed E-state index contributed by atoms with van der Waals surface area (Å²) in [5, 5.41) is 0. The van der Waals surface area contributed by atoms with Crippen LogP contribution in [0.5, 0.6) is 0 Å². The summed E-state index contributed by atoms with van der Waals surface area (Å²) in [7, 11) is 0. The van der Waals surface area contributed by atoms with Crippen molar-refractivity contribution in [3.63, 3.8) is 0 Å². The van der Waals surface area contributed by atoms with E-state index < -0.39 is 6.10 Å². The Morgan fingerprint density at radius 2 is 0.480 bits per heavy atom. The first kappa shape index (κ1) is 72.6. The van der Waals surface area contributed by atoms with Crippen molar-refractivity contribution in [2.45, 2.75) is 374 Å². The van der Waals surface area contributed by atoms with Crippen molar-refractivity contribution in [2.75, 3.05) is 13.2 Å². The van der Waals surface area contributed by atoms with Crippen LogP contribution < -0.4 is 0 Å². The molecule has 0 unspecified atom stereocenters. The van der Waals surface area contributed by atoms with Gasteiger partial charge in [-0.25, -0.2) is 0 Å². The van der Waals surface area contributed by atoms with Crippen molar-refractivity contribution in [3.8, 4) is 0 Å². The first-order chi connectivity index (χ1) is 37.0. The molecule has 0 bridgehead atoms. The van der Waals surface area contributed by atoms with Crippen LogP contribution in [0.1, 0.15) is 367 Å². The fourth-order valence-electron chi connectivity index (χ4n) is 10.1. The number of hydrogen-bond donors (Lipinski definition) is 0. The minimum atomic E-state index is -0.775. The van der Waals surface area contributed by atoms with E-state index in [0.29, 0.717) is 19.3 Å². The Hall–Kier alpha value is -2.37. The molecule has 0 aliphatic heterocycles. The highest BCUT2D eigenvalue weighted by atomic mass is 16.6. The standard InChI is InChI=1S/C69H128O6/c1-4-7-10-13-16-19-22-25-28-31-33-34-36-38-41-44-47-50-53-56-59-62-68(71)74-65-66(64-73-67(70)61-58-55-52-49-46-43-40-37-30-27-24-21-18-15-12-9-6-3)75-69(72)63-60-57-54-51-48-45-42-39-35-32-29-26-23-20-17-14-11-8-5-2/h17,20,26-27,29-30,66H,4-16,18-19,21-25,28,31-65H2,1-3H3/b20-17-,29-26-,30-27-/t66-/m1/s1. The van der Waals surface area contributed by atoms with Gasteiger partial charge >= 0.3 is 17.9 Å². The molecule has 0 aromatic carbocycles. The fraction of sp³-hybridized carbons (Fsp3) is 0.870. The summed E-state index contributed by atoms with van der Waals surface area (Å²) >= 11 is 0. The summed E-state index contributed by atoms with van der Waals surface area (Å²) in [6, 6.07) is 0. The molecule has 0 aromatic heterocycles. The molecule has 0 N–H and O–H groups in total. The highest BCUT2D eigenvalue weighted by Gasteiger charge is 2.19. The lowest BCUT2D eigenvalue weighted by Gasteiger charge is -2.18. The number of esters is 3. The van der Waals surface area contributed by atoms with Crippen LogP contribution in [0.2, 0.25) is 0 Å². The zero-order chi connectivity index (χ0) is 54.3. The predicted molar refractivity (Wildman–Crippen MR) is 326 cm³/mol. The second-order valence-corrected chi connectivity index (χ2v) is 22.7. The number of carbonyl (C=O) groups excluding carboxylic acids is 3. The van der Waals surface area contributed by atoms with Crippen LogP contribution in [-0.4, -0.2) is 37.2 Å². The van der Waals surface area contributed by atoms with Crippen molar-refractivity contribution in [1.29, 1.82) is 0 Å². The normalized spacial score (nSPS) is 12.2. The van der Waals surface area contributed by atoms with Crippen LogP contribution in [0, 0.1) is 0 Å². The van der Waals surface area contributed by atoms with Gasteiger partial charge < -0.3 is 14.2 Å². The number of hydrogen-bond acceptors (Lipinski definition) is 6. The SMILES string of the molecule is CCCCC/C=C\C/C=C\CCCCCCCCCCCC(=O)O[C@H](COC(=O)CCCCCCCCC/C=C\CCCCCCCC)COC(=O)CCCCCCCCCCCCCCCCCCCCCCC. The highest BCUT2D eigenvalue weighted by Crippen LogP contribution is 2.18. The van der Waals surface area contributed by atoms with Gasteiger partial charge in [-0.15, -0.1) is 0 Å². The molecule has 6 nitrogen and oxygen atoms in total. The van der Waals surface area contributed by atoms with E-state index >= 15 is 0 Å². The number of carbonyl (C=O) groups is 3. The Bertz CT molecular complexity index is 1250. The zero-order valence-electron chi connectivity index (χ0n) is 50.6. The van der Waals surface area contributed by atoms with Crippen LogP contribution >= 0.6 is 0 Å². The Morgan fingerprint density at radius 3 is 0.773 bits per heavy atom. The van der Waals surface area contributed by atoms with E-state index in [9.17, 15) is 14.4 Å². The molecule has 440 valence electrons. The van der Waals surface area contributed by atoms with E-state index in [1.807, 2.05) is 0 Å². The molecule has 0 rings (SSSR count). The molecule has 0 spiro atoms. The van der Waals surface area contributed by atoms with Gasteiger partial charge in [-0.1, -0.05) is 308 Å². The average Bonchev–Trinajstić information content (AvgIpc) is 3.41. The molecule has 0 aliphatic carbocycles. The van der Waals surface area contributed by atoms with Gasteiger partial charge in [0.15, 0.2) is 6.10 Å². The molecule has 0 amide bonds. The summed E-state index contributed by atoms with van der Waals surface area (Å²) in [4.78, 5) is 38.4. The van der Waals surface area contributed by atoms with Gasteiger partial charge in [0.2, 0.25) is 0 Å². The zero-order valence-corrected chi connectivity index (χ0v) is 50.6. The first-order valence-corrected chi connectivity index (χ1v) is 33.5. The summed E-state index contributed by atoms with van der Waals surface area (Å²) in [5.41, 5.74) is 0. The molecular formula is C69H128O6. The monoisotopic (exact) mass is 1050 g/mol. The summed E-state index contributed by atoms with van der Waals surface area (Å²) in [5.74, 6) is -0.853. The smallest absolute Gasteiger partial charge is 0.306 e. The second-order valence-electron chi connectivity index (χ2n) is 22.7. The molecule has 0 aromatic rings. The van der Waals surface area contributed by atoms with Gasteiger partial charge in [-0.3, -0.25) is 14.4 Å². The Labute approximate surface area is 467 Å². The van der Waals surface area contributed by atoms with Crippen molar-refractivity contribution in [1.82, 2.24) is 0 Å². The number of allylic oxidation sites excluding steroid dienone is 6. The van der Waals surface area contributed by atoms with Gasteiger partial charge in [0.25, 0.3) is 0 Å². The lowest BCUT2D eigenvalue weighted by atomic mass is 10.0. The van der Waals surface area contributed by atoms with E-state index in [1.54, 1.807) is 0 Å². The predicted octanol–water partition coefficient (Wildman–Crippen LogP) is 22.8. The molecule has 75 heavy (non-hydrogen) atoms. The molecule has 0 heterocycles. The minimum Gasteiger partial charge on any atom is -0.462 e. The van der Waals surface area contributed by atoms with Crippen LogP contribution in [0.15, 0.2) is 36.5 Å². The molecule has 6 heteroatoms. The molecular weight excluding hydrogens is 925 g/mol. The molecule has 1 atom stereocenters. The van der Waals surface area contributed by atoms with Crippen molar-refractivity contribution < 1.29 is 28.6 Å². The Balaban J connectivity index is 4.32. The maximum Gasteiger partial charge on any atom is 0.306 e. The van der Waals surface area contributed by atoms with Gasteiger partial charge in [0.05, 0.1) is 0 Å². The van der Waals surface area contributed by atoms with E-state index in [1.165, 1.54) is 263 Å². The highest BCUT2D eigenvalue weighted by molar-refractivity contribution is 5.71. The van der Waals surface area contributed by atoms with Gasteiger partial charge in [-0.05, 0) is 77.0 Å². The molecule has 0 aliphatic rings. The maximum absolute atomic E-state index is 12.9. The van der Waals surface area contributed by atoms with Crippen molar-refractivity contribution >= 4 is 17.9 Å². The summed E-state index contributed by atoms with van der Waals surface area (Å²) in [6.07, 6.45) is 78.6. The van der Waals surface area contributed by atoms with Crippen LogP contribution in [0.4, 0.5) is 0 Å². The lowest BCUT2D eigenvalue weighted by molar-refractivity contribution is -0.167. The summed E-state index contributed by atoms with van der Waals surface area (Å²) in [6.45, 7) is 6.67. The fourth-order valence-corrected chi connectivity index (χ4v) is 10.1. The van der Waals surface area contributed by atoms with E-state index in [0.717, 1.165) is 64.2 Å². The van der Waals surface area contributed by atoms with Crippen LogP contribution in [0.3, 0.4) is 0 Å². The Morgan fingerprint density at radius 1 is 0.267 bits per heavy atom. The van der Waals surface area contributed by atoms with Crippen molar-refractivity contribution in [3.05, 3.63) is 36.5 Å². The van der Waals surface area contributed by atoms with E-state index in [-0.39, 0.29) is 31.1 Å². The Kier molecular flexibility index (Phi) is 62.1. The quantitative estimate of drug-likeness (QED) is 0.0261. The van der Waals surface area contributed by atoms with Crippen molar-refractivity contribution in [2.24, 2.45) is 0 Å². The number of ether oxygens (including phenoxy) is 3. The van der Waals surface area contributed by atoms with Crippen LogP contribution in [0.25, 0.3) is 0 Å². The first-order valence-electron chi connectivity index (χ1n) is 33.5.